The molecule has 0 unspecified atom stereocenters. The molecular formula is C20H18BrClN2O4S. The van der Waals surface area contributed by atoms with E-state index < -0.39 is 15.9 Å². The van der Waals surface area contributed by atoms with Crippen LogP contribution in [-0.2, 0) is 16.6 Å². The second-order valence-corrected chi connectivity index (χ2v) is 9.86. The number of nitrogens with zero attached hydrogens (tertiary/aromatic N) is 1. The van der Waals surface area contributed by atoms with E-state index >= 15 is 0 Å². The smallest absolute Gasteiger partial charge is 0.253 e. The Hall–Kier alpha value is -2.13. The van der Waals surface area contributed by atoms with E-state index in [9.17, 15) is 13.2 Å². The average Bonchev–Trinajstić information content (AvgIpc) is 3.15. The molecule has 0 fully saturated rings. The lowest BCUT2D eigenvalue weighted by Crippen LogP contribution is -2.25. The summed E-state index contributed by atoms with van der Waals surface area (Å²) in [6.07, 6.45) is 0. The van der Waals surface area contributed by atoms with Crippen molar-refractivity contribution in [2.24, 2.45) is 0 Å². The van der Waals surface area contributed by atoms with Crippen LogP contribution in [0.3, 0.4) is 0 Å². The van der Waals surface area contributed by atoms with Gasteiger partial charge < -0.3 is 9.73 Å². The highest BCUT2D eigenvalue weighted by atomic mass is 79.9. The molecule has 152 valence electrons. The summed E-state index contributed by atoms with van der Waals surface area (Å²) in [5.74, 6) is 0.746. The van der Waals surface area contributed by atoms with Crippen LogP contribution in [0.2, 0.25) is 5.02 Å². The quantitative estimate of drug-likeness (QED) is 0.542. The number of hydrogen-bond donors (Lipinski definition) is 1. The molecule has 3 rings (SSSR count). The first-order chi connectivity index (χ1) is 13.7. The molecule has 1 N–H and O–H groups in total. The number of hydrogen-bond acceptors (Lipinski definition) is 4. The minimum Gasteiger partial charge on any atom is -0.459 e. The lowest BCUT2D eigenvalue weighted by Gasteiger charge is -2.13. The van der Waals surface area contributed by atoms with Gasteiger partial charge in [-0.2, -0.15) is 0 Å². The molecule has 1 heterocycles. The predicted octanol–water partition coefficient (Wildman–Crippen LogP) is 4.54. The van der Waals surface area contributed by atoms with Crippen LogP contribution in [-0.4, -0.2) is 32.7 Å². The van der Waals surface area contributed by atoms with E-state index in [2.05, 4.69) is 21.2 Å². The van der Waals surface area contributed by atoms with Crippen molar-refractivity contribution in [1.82, 2.24) is 9.62 Å². The third kappa shape index (κ3) is 4.90. The highest BCUT2D eigenvalue weighted by Crippen LogP contribution is 2.25. The Balaban J connectivity index is 1.74. The van der Waals surface area contributed by atoms with Crippen molar-refractivity contribution in [2.75, 3.05) is 14.1 Å². The van der Waals surface area contributed by atoms with Gasteiger partial charge in [-0.25, -0.2) is 12.7 Å². The van der Waals surface area contributed by atoms with E-state index in [1.165, 1.54) is 32.3 Å². The van der Waals surface area contributed by atoms with E-state index in [1.54, 1.807) is 6.07 Å². The average molecular weight is 498 g/mol. The minimum atomic E-state index is -3.67. The summed E-state index contributed by atoms with van der Waals surface area (Å²) >= 11 is 9.49. The topological polar surface area (TPSA) is 79.6 Å². The fourth-order valence-corrected chi connectivity index (χ4v) is 3.95. The molecule has 0 atom stereocenters. The number of rotatable bonds is 6. The number of halogens is 2. The molecule has 0 saturated heterocycles. The number of carbonyl (C=O) groups is 1. The Kier molecular flexibility index (Phi) is 6.48. The fourth-order valence-electron chi connectivity index (χ4n) is 2.55. The molecule has 9 heteroatoms. The summed E-state index contributed by atoms with van der Waals surface area (Å²) in [7, 11) is -0.834. The molecule has 1 amide bonds. The third-order valence-corrected chi connectivity index (χ3v) is 6.84. The van der Waals surface area contributed by atoms with Crippen LogP contribution < -0.4 is 5.32 Å². The monoisotopic (exact) mass is 496 g/mol. The van der Waals surface area contributed by atoms with Crippen molar-refractivity contribution in [3.63, 3.8) is 0 Å². The van der Waals surface area contributed by atoms with Gasteiger partial charge in [0.2, 0.25) is 10.0 Å². The Morgan fingerprint density at radius 2 is 1.79 bits per heavy atom. The maximum Gasteiger partial charge on any atom is 0.253 e. The molecule has 6 nitrogen and oxygen atoms in total. The highest BCUT2D eigenvalue weighted by molar-refractivity contribution is 9.10. The molecule has 0 bridgehead atoms. The number of furan rings is 1. The van der Waals surface area contributed by atoms with Crippen molar-refractivity contribution in [3.05, 3.63) is 75.4 Å². The highest BCUT2D eigenvalue weighted by Gasteiger charge is 2.21. The Bertz CT molecular complexity index is 1140. The van der Waals surface area contributed by atoms with Gasteiger partial charge in [0, 0.05) is 24.1 Å². The van der Waals surface area contributed by atoms with E-state index in [1.807, 2.05) is 30.3 Å². The number of amides is 1. The van der Waals surface area contributed by atoms with Gasteiger partial charge in [-0.1, -0.05) is 39.7 Å². The van der Waals surface area contributed by atoms with Crippen LogP contribution in [0.25, 0.3) is 11.3 Å². The van der Waals surface area contributed by atoms with Gasteiger partial charge in [0.15, 0.2) is 0 Å². The summed E-state index contributed by atoms with van der Waals surface area (Å²) in [4.78, 5) is 12.5. The van der Waals surface area contributed by atoms with Crippen molar-refractivity contribution in [1.29, 1.82) is 0 Å². The predicted molar refractivity (Wildman–Crippen MR) is 115 cm³/mol. The van der Waals surface area contributed by atoms with Crippen molar-refractivity contribution in [3.8, 4) is 11.3 Å². The van der Waals surface area contributed by atoms with Gasteiger partial charge in [0.1, 0.15) is 11.5 Å². The zero-order valence-electron chi connectivity index (χ0n) is 15.6. The molecule has 0 spiro atoms. The van der Waals surface area contributed by atoms with Gasteiger partial charge in [-0.15, -0.1) is 0 Å². The Morgan fingerprint density at radius 3 is 2.45 bits per heavy atom. The first-order valence-electron chi connectivity index (χ1n) is 8.53. The summed E-state index contributed by atoms with van der Waals surface area (Å²) in [5, 5.41) is 2.87. The van der Waals surface area contributed by atoms with Gasteiger partial charge >= 0.3 is 0 Å². The molecule has 2 aromatic carbocycles. The van der Waals surface area contributed by atoms with E-state index in [-0.39, 0.29) is 22.0 Å². The van der Waals surface area contributed by atoms with E-state index in [0.717, 1.165) is 14.3 Å². The maximum absolute atomic E-state index is 12.6. The first-order valence-corrected chi connectivity index (χ1v) is 11.1. The van der Waals surface area contributed by atoms with Crippen molar-refractivity contribution >= 4 is 43.5 Å². The van der Waals surface area contributed by atoms with Crippen LogP contribution >= 0.6 is 27.5 Å². The standard InChI is InChI=1S/C20H18BrClN2O4S/c1-24(2)29(26,27)16-8-9-18(22)17(11-16)20(25)23-12-15-7-10-19(28-15)13-3-5-14(21)6-4-13/h3-11H,12H2,1-2H3,(H,23,25). The van der Waals surface area contributed by atoms with Crippen LogP contribution in [0.5, 0.6) is 0 Å². The van der Waals surface area contributed by atoms with Crippen molar-refractivity contribution < 1.29 is 17.6 Å². The maximum atomic E-state index is 12.6. The van der Waals surface area contributed by atoms with Crippen LogP contribution in [0.15, 0.2) is 68.4 Å². The summed E-state index contributed by atoms with van der Waals surface area (Å²) in [6, 6.07) is 15.3. The summed E-state index contributed by atoms with van der Waals surface area (Å²) in [5.41, 5.74) is 0.990. The SMILES string of the molecule is CN(C)S(=O)(=O)c1ccc(Cl)c(C(=O)NCc2ccc(-c3ccc(Br)cc3)o2)c1. The van der Waals surface area contributed by atoms with Gasteiger partial charge in [-0.05, 0) is 42.5 Å². The molecule has 0 aliphatic heterocycles. The molecule has 0 aliphatic carbocycles. The zero-order valence-corrected chi connectivity index (χ0v) is 18.8. The summed E-state index contributed by atoms with van der Waals surface area (Å²) < 4.78 is 32.4. The third-order valence-electron chi connectivity index (χ3n) is 4.17. The van der Waals surface area contributed by atoms with Crippen LogP contribution in [0, 0.1) is 0 Å². The number of sulfonamides is 1. The van der Waals surface area contributed by atoms with Crippen LogP contribution in [0.1, 0.15) is 16.1 Å². The van der Waals surface area contributed by atoms with Gasteiger partial charge in [-0.3, -0.25) is 4.79 Å². The second-order valence-electron chi connectivity index (χ2n) is 6.38. The molecule has 1 aromatic heterocycles. The number of carbonyl (C=O) groups excluding carboxylic acids is 1. The summed E-state index contributed by atoms with van der Waals surface area (Å²) in [6.45, 7) is 0.135. The lowest BCUT2D eigenvalue weighted by atomic mass is 10.2. The molecular weight excluding hydrogens is 480 g/mol. The molecule has 0 aliphatic rings. The van der Waals surface area contributed by atoms with Gasteiger partial charge in [0.05, 0.1) is 22.0 Å². The van der Waals surface area contributed by atoms with E-state index in [0.29, 0.717) is 11.5 Å². The zero-order chi connectivity index (χ0) is 21.2. The minimum absolute atomic E-state index is 0.00688. The Morgan fingerprint density at radius 1 is 1.10 bits per heavy atom. The molecule has 3 aromatic rings. The second kappa shape index (κ2) is 8.71. The lowest BCUT2D eigenvalue weighted by molar-refractivity contribution is 0.0948. The Labute approximate surface area is 182 Å². The molecule has 29 heavy (non-hydrogen) atoms. The number of benzene rings is 2. The molecule has 0 saturated carbocycles. The largest absolute Gasteiger partial charge is 0.459 e. The van der Waals surface area contributed by atoms with E-state index in [4.69, 9.17) is 16.0 Å². The van der Waals surface area contributed by atoms with Crippen molar-refractivity contribution in [2.45, 2.75) is 11.4 Å². The van der Waals surface area contributed by atoms with Crippen LogP contribution in [0.4, 0.5) is 0 Å². The van der Waals surface area contributed by atoms with Gasteiger partial charge in [0.25, 0.3) is 5.91 Å². The molecule has 0 radical (unpaired) electrons. The normalized spacial score (nSPS) is 11.6. The number of nitrogens with one attached hydrogen (secondary N) is 1. The first kappa shape index (κ1) is 21.6. The fraction of sp³-hybridized carbons (Fsp3) is 0.150.